The standard InChI is InChI=1S/C28H38N7O8P/c1-7-39-23-20-22(32-26(30)33-23)35(16-31-20)25-28(6,14-29)21(36)19(42-25)13-41-44(38,43-18-11-9-8-10-12-18)34-17(2)24(37)40-15-27(3,4)5/h8-12,16-17,19,21,25,36H,7,13,15H2,1-6H3,(H,34,38)(H2,30,32,33). The van der Waals surface area contributed by atoms with E-state index < -0.39 is 50.2 Å². The third-order valence-electron chi connectivity index (χ3n) is 6.69. The number of rotatable bonds is 12. The monoisotopic (exact) mass is 631 g/mol. The van der Waals surface area contributed by atoms with Gasteiger partial charge < -0.3 is 29.6 Å². The SMILES string of the molecule is CCOc1nc(N)nc2c1ncn2C1OC(COP(=O)(NC(C)C(=O)OCC(C)(C)C)Oc2ccccc2)C(O)C1(C)C#N. The number of nitrogens with two attached hydrogens (primary N) is 1. The molecule has 0 saturated carbocycles. The van der Waals surface area contributed by atoms with Gasteiger partial charge in [-0.1, -0.05) is 39.0 Å². The van der Waals surface area contributed by atoms with E-state index in [9.17, 15) is 19.7 Å². The Hall–Kier alpha value is -3.80. The Morgan fingerprint density at radius 1 is 1.32 bits per heavy atom. The maximum atomic E-state index is 14.0. The number of para-hydroxylation sites is 1. The Morgan fingerprint density at radius 2 is 2.02 bits per heavy atom. The first kappa shape index (κ1) is 33.1. The van der Waals surface area contributed by atoms with Crippen molar-refractivity contribution in [2.75, 3.05) is 25.6 Å². The number of ether oxygens (including phenoxy) is 3. The minimum absolute atomic E-state index is 0.0833. The fourth-order valence-electron chi connectivity index (χ4n) is 4.42. The van der Waals surface area contributed by atoms with E-state index in [0.29, 0.717) is 6.61 Å². The van der Waals surface area contributed by atoms with Crippen molar-refractivity contribution in [1.29, 1.82) is 5.26 Å². The quantitative estimate of drug-likeness (QED) is 0.194. The summed E-state index contributed by atoms with van der Waals surface area (Å²) >= 11 is 0. The van der Waals surface area contributed by atoms with Gasteiger partial charge in [0.2, 0.25) is 11.8 Å². The molecule has 2 aromatic heterocycles. The molecule has 3 aromatic rings. The number of aromatic nitrogens is 4. The molecule has 0 amide bonds. The molecule has 0 aliphatic carbocycles. The van der Waals surface area contributed by atoms with Crippen molar-refractivity contribution in [2.24, 2.45) is 10.8 Å². The van der Waals surface area contributed by atoms with Crippen LogP contribution in [-0.4, -0.2) is 68.7 Å². The van der Waals surface area contributed by atoms with Gasteiger partial charge in [-0.2, -0.15) is 20.3 Å². The molecule has 15 nitrogen and oxygen atoms in total. The summed E-state index contributed by atoms with van der Waals surface area (Å²) in [6.45, 7) is 10.4. The van der Waals surface area contributed by atoms with Gasteiger partial charge in [-0.05, 0) is 38.3 Å². The summed E-state index contributed by atoms with van der Waals surface area (Å²) in [6, 6.07) is 9.28. The summed E-state index contributed by atoms with van der Waals surface area (Å²) in [5.74, 6) is -0.376. The van der Waals surface area contributed by atoms with E-state index in [1.165, 1.54) is 24.7 Å². The predicted molar refractivity (Wildman–Crippen MR) is 158 cm³/mol. The molecule has 1 aliphatic rings. The highest BCUT2D eigenvalue weighted by atomic mass is 31.2. The van der Waals surface area contributed by atoms with Crippen LogP contribution in [0.25, 0.3) is 11.2 Å². The van der Waals surface area contributed by atoms with Crippen molar-refractivity contribution in [3.63, 3.8) is 0 Å². The minimum Gasteiger partial charge on any atom is -0.476 e. The van der Waals surface area contributed by atoms with Crippen LogP contribution < -0.4 is 20.1 Å². The van der Waals surface area contributed by atoms with Crippen LogP contribution in [0.1, 0.15) is 47.8 Å². The molecule has 1 aliphatic heterocycles. The summed E-state index contributed by atoms with van der Waals surface area (Å²) < 4.78 is 43.9. The molecule has 4 N–H and O–H groups in total. The lowest BCUT2D eigenvalue weighted by atomic mass is 9.84. The number of anilines is 1. The number of carbonyl (C=O) groups is 1. The highest BCUT2D eigenvalue weighted by Gasteiger charge is 2.56. The molecule has 0 spiro atoms. The second-order valence-electron chi connectivity index (χ2n) is 11.7. The topological polar surface area (TPSA) is 206 Å². The van der Waals surface area contributed by atoms with Gasteiger partial charge in [-0.3, -0.25) is 13.9 Å². The van der Waals surface area contributed by atoms with E-state index in [-0.39, 0.29) is 40.8 Å². The Bertz CT molecular complexity index is 1560. The molecular formula is C28H38N7O8P. The summed E-state index contributed by atoms with van der Waals surface area (Å²) in [5, 5.41) is 24.1. The van der Waals surface area contributed by atoms with Gasteiger partial charge in [0.1, 0.15) is 29.4 Å². The van der Waals surface area contributed by atoms with Crippen LogP contribution >= 0.6 is 7.75 Å². The van der Waals surface area contributed by atoms with Crippen molar-refractivity contribution >= 4 is 30.8 Å². The number of esters is 1. The van der Waals surface area contributed by atoms with Crippen molar-refractivity contribution in [1.82, 2.24) is 24.6 Å². The number of aliphatic hydroxyl groups excluding tert-OH is 1. The van der Waals surface area contributed by atoms with Crippen molar-refractivity contribution < 1.29 is 37.7 Å². The first-order chi connectivity index (χ1) is 20.7. The van der Waals surface area contributed by atoms with E-state index >= 15 is 0 Å². The molecule has 238 valence electrons. The fourth-order valence-corrected chi connectivity index (χ4v) is 5.92. The Morgan fingerprint density at radius 3 is 2.66 bits per heavy atom. The maximum Gasteiger partial charge on any atom is 0.459 e. The molecule has 16 heteroatoms. The van der Waals surface area contributed by atoms with Crippen LogP contribution in [-0.2, 0) is 23.4 Å². The molecule has 1 fully saturated rings. The van der Waals surface area contributed by atoms with Gasteiger partial charge in [0, 0.05) is 0 Å². The third-order valence-corrected chi connectivity index (χ3v) is 8.34. The highest BCUT2D eigenvalue weighted by molar-refractivity contribution is 7.52. The molecule has 6 atom stereocenters. The van der Waals surface area contributed by atoms with Crippen molar-refractivity contribution in [3.8, 4) is 17.7 Å². The van der Waals surface area contributed by atoms with E-state index in [2.05, 4.69) is 26.1 Å². The number of benzene rings is 1. The van der Waals surface area contributed by atoms with E-state index in [4.69, 9.17) is 29.0 Å². The van der Waals surface area contributed by atoms with Crippen LogP contribution in [0.4, 0.5) is 5.95 Å². The highest BCUT2D eigenvalue weighted by Crippen LogP contribution is 2.49. The number of hydrogen-bond acceptors (Lipinski definition) is 13. The second-order valence-corrected chi connectivity index (χ2v) is 13.4. The summed E-state index contributed by atoms with van der Waals surface area (Å²) in [4.78, 5) is 25.3. The van der Waals surface area contributed by atoms with Gasteiger partial charge in [0.15, 0.2) is 17.4 Å². The number of hydrogen-bond donors (Lipinski definition) is 3. The zero-order valence-electron chi connectivity index (χ0n) is 25.5. The number of fused-ring (bicyclic) bond motifs is 1. The minimum atomic E-state index is -4.28. The molecule has 0 radical (unpaired) electrons. The van der Waals surface area contributed by atoms with E-state index in [1.807, 2.05) is 20.8 Å². The van der Waals surface area contributed by atoms with Gasteiger partial charge in [0.25, 0.3) is 0 Å². The lowest BCUT2D eigenvalue weighted by Crippen LogP contribution is -2.39. The number of nitriles is 1. The van der Waals surface area contributed by atoms with E-state index in [1.54, 1.807) is 37.3 Å². The largest absolute Gasteiger partial charge is 0.476 e. The second kappa shape index (κ2) is 13.1. The van der Waals surface area contributed by atoms with Crippen LogP contribution in [0.15, 0.2) is 36.7 Å². The molecule has 1 saturated heterocycles. The Kier molecular flexibility index (Phi) is 9.82. The number of nitrogens with zero attached hydrogens (tertiary/aromatic N) is 5. The van der Waals surface area contributed by atoms with Crippen LogP contribution in [0.2, 0.25) is 0 Å². The maximum absolute atomic E-state index is 14.0. The summed E-state index contributed by atoms with van der Waals surface area (Å²) in [5.41, 5.74) is 4.60. The average molecular weight is 632 g/mol. The van der Waals surface area contributed by atoms with E-state index in [0.717, 1.165) is 0 Å². The molecule has 6 unspecified atom stereocenters. The third kappa shape index (κ3) is 7.28. The van der Waals surface area contributed by atoms with Gasteiger partial charge in [0.05, 0.1) is 32.2 Å². The van der Waals surface area contributed by atoms with Crippen molar-refractivity contribution in [2.45, 2.75) is 66.0 Å². The van der Waals surface area contributed by atoms with Gasteiger partial charge in [-0.25, -0.2) is 9.55 Å². The first-order valence-corrected chi connectivity index (χ1v) is 15.5. The van der Waals surface area contributed by atoms with Gasteiger partial charge in [-0.15, -0.1) is 0 Å². The van der Waals surface area contributed by atoms with Crippen LogP contribution in [0.5, 0.6) is 11.6 Å². The Labute approximate surface area is 255 Å². The molecular weight excluding hydrogens is 593 g/mol. The molecule has 4 rings (SSSR count). The Balaban J connectivity index is 1.58. The molecule has 44 heavy (non-hydrogen) atoms. The number of nitrogen functional groups attached to an aromatic ring is 1. The lowest BCUT2D eigenvalue weighted by molar-refractivity contribution is -0.148. The zero-order chi connectivity index (χ0) is 32.3. The van der Waals surface area contributed by atoms with Crippen LogP contribution in [0, 0.1) is 22.2 Å². The lowest BCUT2D eigenvalue weighted by Gasteiger charge is -2.26. The number of aliphatic hydroxyl groups is 1. The smallest absolute Gasteiger partial charge is 0.459 e. The zero-order valence-corrected chi connectivity index (χ0v) is 26.4. The molecule has 3 heterocycles. The fraction of sp³-hybridized carbons (Fsp3) is 0.536. The summed E-state index contributed by atoms with van der Waals surface area (Å²) in [7, 11) is -4.28. The van der Waals surface area contributed by atoms with Gasteiger partial charge >= 0.3 is 13.7 Å². The summed E-state index contributed by atoms with van der Waals surface area (Å²) in [6.07, 6.45) is -2.31. The predicted octanol–water partition coefficient (Wildman–Crippen LogP) is 3.37. The average Bonchev–Trinajstić information content (AvgIpc) is 3.49. The van der Waals surface area contributed by atoms with Crippen LogP contribution in [0.3, 0.4) is 0 Å². The molecule has 1 aromatic carbocycles. The number of nitrogens with one attached hydrogen (secondary N) is 1. The first-order valence-electron chi connectivity index (χ1n) is 14.0. The molecule has 0 bridgehead atoms. The normalized spacial score (nSPS) is 23.9. The van der Waals surface area contributed by atoms with Crippen molar-refractivity contribution in [3.05, 3.63) is 36.7 Å². The number of carbonyl (C=O) groups excluding carboxylic acids is 1. The number of imidazole rings is 1.